The van der Waals surface area contributed by atoms with E-state index in [-0.39, 0.29) is 23.1 Å². The predicted octanol–water partition coefficient (Wildman–Crippen LogP) is 1.04. The maximum Gasteiger partial charge on any atom is 0.315 e. The summed E-state index contributed by atoms with van der Waals surface area (Å²) in [7, 11) is -3.64. The summed E-state index contributed by atoms with van der Waals surface area (Å²) in [5.41, 5.74) is 3.52. The predicted molar refractivity (Wildman–Crippen MR) is 154 cm³/mol. The molecule has 1 saturated heterocycles. The van der Waals surface area contributed by atoms with Crippen molar-refractivity contribution in [3.05, 3.63) is 30.3 Å². The van der Waals surface area contributed by atoms with E-state index in [1.54, 1.807) is 39.0 Å². The number of primary amides is 1. The van der Waals surface area contributed by atoms with E-state index in [1.165, 1.54) is 17.0 Å². The standard InChI is InChI=1S/C29H41N5O7S/c1-28(2,3)23(32-27(39)33-29(13-14-29)17-42(40,41)19-8-5-4-6-9-19)26(38)34-15-7-10-21(34)25(37)31-20(16-18-11-12-18)22(35)24(30)36/h4-6,8-9,18,20-21,23H,7,10-17H2,1-3H3,(H2,30,36)(H,31,37)(H2,32,33,39)/t20?,21-,23+/m0/s1. The number of hydrogen-bond acceptors (Lipinski definition) is 7. The molecule has 0 spiro atoms. The number of amides is 5. The third kappa shape index (κ3) is 7.67. The molecule has 3 atom stereocenters. The molecule has 12 nitrogen and oxygen atoms in total. The van der Waals surface area contributed by atoms with Crippen molar-refractivity contribution in [3.8, 4) is 0 Å². The second-order valence-corrected chi connectivity index (χ2v) is 14.9. The van der Waals surface area contributed by atoms with Gasteiger partial charge in [-0.15, -0.1) is 0 Å². The van der Waals surface area contributed by atoms with Gasteiger partial charge in [-0.25, -0.2) is 13.2 Å². The van der Waals surface area contributed by atoms with Crippen molar-refractivity contribution >= 4 is 39.4 Å². The Morgan fingerprint density at radius 2 is 1.67 bits per heavy atom. The molecule has 230 valence electrons. The van der Waals surface area contributed by atoms with Gasteiger partial charge in [0.25, 0.3) is 5.91 Å². The summed E-state index contributed by atoms with van der Waals surface area (Å²) in [6.45, 7) is 5.63. The van der Waals surface area contributed by atoms with Gasteiger partial charge in [0.15, 0.2) is 9.84 Å². The zero-order valence-corrected chi connectivity index (χ0v) is 25.2. The van der Waals surface area contributed by atoms with Gasteiger partial charge < -0.3 is 26.6 Å². The van der Waals surface area contributed by atoms with Gasteiger partial charge in [-0.3, -0.25) is 19.2 Å². The first-order valence-electron chi connectivity index (χ1n) is 14.4. The van der Waals surface area contributed by atoms with Crippen LogP contribution < -0.4 is 21.7 Å². The fourth-order valence-corrected chi connectivity index (χ4v) is 7.24. The quantitative estimate of drug-likeness (QED) is 0.257. The number of nitrogens with zero attached hydrogens (tertiary/aromatic N) is 1. The maximum atomic E-state index is 13.8. The lowest BCUT2D eigenvalue weighted by Crippen LogP contribution is -2.61. The van der Waals surface area contributed by atoms with Crippen LogP contribution in [0, 0.1) is 11.3 Å². The molecular formula is C29H41N5O7S. The second kappa shape index (κ2) is 12.0. The van der Waals surface area contributed by atoms with Gasteiger partial charge in [0.2, 0.25) is 17.6 Å². The summed E-state index contributed by atoms with van der Waals surface area (Å²) in [5.74, 6) is -3.00. The summed E-state index contributed by atoms with van der Waals surface area (Å²) in [6, 6.07) is 4.43. The zero-order chi connectivity index (χ0) is 30.9. The molecule has 0 bridgehead atoms. The molecular weight excluding hydrogens is 562 g/mol. The van der Waals surface area contributed by atoms with Crippen LogP contribution in [0.2, 0.25) is 0 Å². The molecule has 5 amide bonds. The van der Waals surface area contributed by atoms with Gasteiger partial charge in [0.1, 0.15) is 12.1 Å². The SMILES string of the molecule is CC(C)(C)[C@H](NC(=O)NC1(CS(=O)(=O)c2ccccc2)CC1)C(=O)N1CCC[C@H]1C(=O)NC(CC1CC1)C(=O)C(N)=O. The molecule has 1 unspecified atom stereocenters. The van der Waals surface area contributed by atoms with Crippen LogP contribution in [0.3, 0.4) is 0 Å². The van der Waals surface area contributed by atoms with Crippen LogP contribution in [-0.4, -0.2) is 78.8 Å². The largest absolute Gasteiger partial charge is 0.363 e. The highest BCUT2D eigenvalue weighted by molar-refractivity contribution is 7.91. The lowest BCUT2D eigenvalue weighted by molar-refractivity contribution is -0.143. The Morgan fingerprint density at radius 1 is 1.02 bits per heavy atom. The van der Waals surface area contributed by atoms with Crippen LogP contribution in [0.1, 0.15) is 65.7 Å². The number of Topliss-reactive ketones (excluding diaryl/α,β-unsaturated/α-hetero) is 1. The van der Waals surface area contributed by atoms with E-state index in [0.29, 0.717) is 32.1 Å². The Bertz CT molecular complexity index is 1330. The van der Waals surface area contributed by atoms with Crippen LogP contribution in [-0.2, 0) is 29.0 Å². The Balaban J connectivity index is 1.42. The molecule has 3 fully saturated rings. The van der Waals surface area contributed by atoms with E-state index in [0.717, 1.165) is 12.8 Å². The van der Waals surface area contributed by atoms with Gasteiger partial charge in [-0.2, -0.15) is 0 Å². The Hall–Kier alpha value is -3.48. The highest BCUT2D eigenvalue weighted by atomic mass is 32.2. The molecule has 13 heteroatoms. The number of sulfone groups is 1. The van der Waals surface area contributed by atoms with E-state index in [2.05, 4.69) is 16.0 Å². The minimum atomic E-state index is -3.64. The number of rotatable bonds is 12. The first-order chi connectivity index (χ1) is 19.6. The molecule has 3 aliphatic rings. The van der Waals surface area contributed by atoms with E-state index < -0.39 is 68.5 Å². The number of carbonyl (C=O) groups is 5. The molecule has 1 aliphatic heterocycles. The molecule has 5 N–H and O–H groups in total. The number of carbonyl (C=O) groups excluding carboxylic acids is 5. The summed E-state index contributed by atoms with van der Waals surface area (Å²) < 4.78 is 25.9. The van der Waals surface area contributed by atoms with Crippen LogP contribution in [0.5, 0.6) is 0 Å². The average Bonchev–Trinajstić information content (AvgIpc) is 3.83. The van der Waals surface area contributed by atoms with Gasteiger partial charge in [-0.1, -0.05) is 51.8 Å². The monoisotopic (exact) mass is 603 g/mol. The lowest BCUT2D eigenvalue weighted by atomic mass is 9.85. The normalized spacial score (nSPS) is 21.1. The lowest BCUT2D eigenvalue weighted by Gasteiger charge is -2.36. The first-order valence-corrected chi connectivity index (χ1v) is 16.1. The van der Waals surface area contributed by atoms with Crippen molar-refractivity contribution in [3.63, 3.8) is 0 Å². The smallest absolute Gasteiger partial charge is 0.315 e. The zero-order valence-electron chi connectivity index (χ0n) is 24.4. The minimum absolute atomic E-state index is 0.177. The summed E-state index contributed by atoms with van der Waals surface area (Å²) in [5, 5.41) is 8.18. The molecule has 42 heavy (non-hydrogen) atoms. The number of nitrogens with one attached hydrogen (secondary N) is 3. The van der Waals surface area contributed by atoms with Crippen molar-refractivity contribution in [1.82, 2.24) is 20.9 Å². The fourth-order valence-electron chi connectivity index (χ4n) is 5.41. The number of urea groups is 1. The van der Waals surface area contributed by atoms with Crippen molar-refractivity contribution in [2.24, 2.45) is 17.1 Å². The van der Waals surface area contributed by atoms with Crippen molar-refractivity contribution < 1.29 is 32.4 Å². The number of nitrogens with two attached hydrogens (primary N) is 1. The first kappa shape index (κ1) is 31.5. The fraction of sp³-hybridized carbons (Fsp3) is 0.621. The van der Waals surface area contributed by atoms with Crippen LogP contribution >= 0.6 is 0 Å². The van der Waals surface area contributed by atoms with Crippen molar-refractivity contribution in [1.29, 1.82) is 0 Å². The summed E-state index contributed by atoms with van der Waals surface area (Å²) in [4.78, 5) is 65.7. The van der Waals surface area contributed by atoms with E-state index in [1.807, 2.05) is 0 Å². The highest BCUT2D eigenvalue weighted by Crippen LogP contribution is 2.38. The van der Waals surface area contributed by atoms with Gasteiger partial charge in [-0.05, 0) is 55.6 Å². The summed E-state index contributed by atoms with van der Waals surface area (Å²) in [6.07, 6.45) is 4.02. The molecule has 1 aromatic carbocycles. The maximum absolute atomic E-state index is 13.8. The molecule has 1 heterocycles. The van der Waals surface area contributed by atoms with Crippen LogP contribution in [0.4, 0.5) is 4.79 Å². The van der Waals surface area contributed by atoms with E-state index in [9.17, 15) is 32.4 Å². The van der Waals surface area contributed by atoms with Gasteiger partial charge in [0, 0.05) is 6.54 Å². The average molecular weight is 604 g/mol. The Labute approximate surface area is 246 Å². The van der Waals surface area contributed by atoms with Crippen LogP contribution in [0.25, 0.3) is 0 Å². The highest BCUT2D eigenvalue weighted by Gasteiger charge is 2.49. The number of hydrogen-bond donors (Lipinski definition) is 4. The minimum Gasteiger partial charge on any atom is -0.363 e. The molecule has 2 aliphatic carbocycles. The molecule has 1 aromatic rings. The Morgan fingerprint density at radius 3 is 2.21 bits per heavy atom. The third-order valence-electron chi connectivity index (χ3n) is 8.17. The molecule has 0 radical (unpaired) electrons. The van der Waals surface area contributed by atoms with E-state index in [4.69, 9.17) is 5.73 Å². The topological polar surface area (TPSA) is 185 Å². The number of ketones is 1. The number of benzene rings is 1. The Kier molecular flexibility index (Phi) is 9.00. The molecule has 4 rings (SSSR count). The van der Waals surface area contributed by atoms with Gasteiger partial charge in [0.05, 0.1) is 22.2 Å². The van der Waals surface area contributed by atoms with E-state index >= 15 is 0 Å². The number of likely N-dealkylation sites (tertiary alicyclic amines) is 1. The molecule has 0 aromatic heterocycles. The third-order valence-corrected chi connectivity index (χ3v) is 10.1. The van der Waals surface area contributed by atoms with Gasteiger partial charge >= 0.3 is 6.03 Å². The summed E-state index contributed by atoms with van der Waals surface area (Å²) >= 11 is 0. The van der Waals surface area contributed by atoms with Crippen LogP contribution in [0.15, 0.2) is 35.2 Å². The van der Waals surface area contributed by atoms with Crippen molar-refractivity contribution in [2.45, 2.75) is 94.3 Å². The van der Waals surface area contributed by atoms with Crippen molar-refractivity contribution in [2.75, 3.05) is 12.3 Å². The second-order valence-electron chi connectivity index (χ2n) is 12.9. The molecule has 2 saturated carbocycles.